The largest absolute Gasteiger partial charge is 0.370 e. The number of hydrogen-bond acceptors (Lipinski definition) is 3. The molecule has 0 unspecified atom stereocenters. The zero-order valence-corrected chi connectivity index (χ0v) is 18.3. The second-order valence-corrected chi connectivity index (χ2v) is 7.92. The van der Waals surface area contributed by atoms with Gasteiger partial charge in [-0.15, -0.1) is 0 Å². The number of nitrogen functional groups attached to an aromatic ring is 1. The molecule has 2 aromatic carbocycles. The number of nitrogens with zero attached hydrogens (tertiary/aromatic N) is 3. The highest BCUT2D eigenvalue weighted by Gasteiger charge is 2.19. The normalized spacial score (nSPS) is 11.3. The summed E-state index contributed by atoms with van der Waals surface area (Å²) in [5.74, 6) is 0.557. The first-order valence-electron chi connectivity index (χ1n) is 9.80. The molecule has 0 bridgehead atoms. The quantitative estimate of drug-likeness (QED) is 0.518. The number of halogens is 1. The van der Waals surface area contributed by atoms with Crippen molar-refractivity contribution in [1.82, 2.24) is 9.55 Å². The monoisotopic (exact) mass is 428 g/mol. The van der Waals surface area contributed by atoms with Crippen LogP contribution in [0.2, 0.25) is 0 Å². The van der Waals surface area contributed by atoms with E-state index in [1.165, 1.54) is 16.8 Å². The molecule has 0 aliphatic carbocycles. The molecule has 0 atom stereocenters. The minimum atomic E-state index is 0.557. The predicted octanol–water partition coefficient (Wildman–Crippen LogP) is 5.77. The molecule has 3 rings (SSSR count). The van der Waals surface area contributed by atoms with Crippen molar-refractivity contribution in [3.63, 3.8) is 0 Å². The number of anilines is 2. The molecule has 3 aromatic rings. The minimum Gasteiger partial charge on any atom is -0.370 e. The molecule has 0 saturated heterocycles. The van der Waals surface area contributed by atoms with Crippen molar-refractivity contribution in [1.29, 1.82) is 0 Å². The van der Waals surface area contributed by atoms with Gasteiger partial charge in [-0.1, -0.05) is 42.8 Å². The Hall–Kier alpha value is -2.01. The lowest BCUT2D eigenvalue weighted by atomic mass is 9.96. The molecule has 4 nitrogen and oxygen atoms in total. The van der Waals surface area contributed by atoms with Gasteiger partial charge in [0.1, 0.15) is 5.52 Å². The molecule has 0 aliphatic heterocycles. The SMILES string of the molecule is CCCN(CCC)c1ccc(-c2ccc(Br)cc2CC)c2nc(N)n(C)c12. The predicted molar refractivity (Wildman–Crippen MR) is 120 cm³/mol. The van der Waals surface area contributed by atoms with Crippen molar-refractivity contribution in [3.8, 4) is 11.1 Å². The van der Waals surface area contributed by atoms with Crippen LogP contribution in [0.1, 0.15) is 39.2 Å². The Kier molecular flexibility index (Phi) is 6.10. The molecule has 0 saturated carbocycles. The van der Waals surface area contributed by atoms with Gasteiger partial charge in [-0.3, -0.25) is 0 Å². The van der Waals surface area contributed by atoms with Crippen LogP contribution in [0.15, 0.2) is 34.8 Å². The van der Waals surface area contributed by atoms with E-state index in [-0.39, 0.29) is 0 Å². The van der Waals surface area contributed by atoms with Gasteiger partial charge in [-0.2, -0.15) is 0 Å². The molecular weight excluding hydrogens is 400 g/mol. The first kappa shape index (κ1) is 19.7. The Morgan fingerprint density at radius 1 is 1.04 bits per heavy atom. The third-order valence-corrected chi connectivity index (χ3v) is 5.59. The Balaban J connectivity index is 2.27. The lowest BCUT2D eigenvalue weighted by molar-refractivity contribution is 0.745. The van der Waals surface area contributed by atoms with E-state index in [4.69, 9.17) is 10.7 Å². The van der Waals surface area contributed by atoms with E-state index in [0.29, 0.717) is 5.95 Å². The maximum absolute atomic E-state index is 6.24. The number of hydrogen-bond donors (Lipinski definition) is 1. The van der Waals surface area contributed by atoms with Gasteiger partial charge in [-0.25, -0.2) is 4.98 Å². The Morgan fingerprint density at radius 2 is 1.70 bits per heavy atom. The number of fused-ring (bicyclic) bond motifs is 1. The lowest BCUT2D eigenvalue weighted by Crippen LogP contribution is -2.25. The standard InChI is InChI=1S/C22H29BrN4/c1-5-12-27(13-6-2)19-11-10-18(20-21(19)26(4)22(24)25-20)17-9-8-16(23)14-15(17)7-3/h8-11,14H,5-7,12-13H2,1-4H3,(H2,24,25). The lowest BCUT2D eigenvalue weighted by Gasteiger charge is -2.25. The Morgan fingerprint density at radius 3 is 2.33 bits per heavy atom. The van der Waals surface area contributed by atoms with Crippen molar-refractivity contribution in [3.05, 3.63) is 40.4 Å². The van der Waals surface area contributed by atoms with Gasteiger partial charge in [0, 0.05) is 30.2 Å². The minimum absolute atomic E-state index is 0.557. The molecular formula is C22H29BrN4. The average molecular weight is 429 g/mol. The number of nitrogens with two attached hydrogens (primary N) is 1. The van der Waals surface area contributed by atoms with Gasteiger partial charge in [0.15, 0.2) is 0 Å². The Bertz CT molecular complexity index is 939. The summed E-state index contributed by atoms with van der Waals surface area (Å²) >= 11 is 3.59. The van der Waals surface area contributed by atoms with Crippen molar-refractivity contribution >= 4 is 38.6 Å². The second-order valence-electron chi connectivity index (χ2n) is 7.00. The number of imidazole rings is 1. The van der Waals surface area contributed by atoms with E-state index in [9.17, 15) is 0 Å². The third kappa shape index (κ3) is 3.70. The van der Waals surface area contributed by atoms with Crippen molar-refractivity contribution in [2.75, 3.05) is 23.7 Å². The molecule has 0 aliphatic rings. The van der Waals surface area contributed by atoms with Gasteiger partial charge >= 0.3 is 0 Å². The molecule has 0 fully saturated rings. The second kappa shape index (κ2) is 8.34. The fourth-order valence-corrected chi connectivity index (χ4v) is 4.21. The summed E-state index contributed by atoms with van der Waals surface area (Å²) in [6.07, 6.45) is 3.20. The van der Waals surface area contributed by atoms with E-state index >= 15 is 0 Å². The van der Waals surface area contributed by atoms with Gasteiger partial charge in [0.25, 0.3) is 0 Å². The first-order chi connectivity index (χ1) is 13.0. The maximum Gasteiger partial charge on any atom is 0.201 e. The third-order valence-electron chi connectivity index (χ3n) is 5.10. The maximum atomic E-state index is 6.24. The summed E-state index contributed by atoms with van der Waals surface area (Å²) in [4.78, 5) is 7.21. The average Bonchev–Trinajstić information content (AvgIpc) is 2.96. The number of benzene rings is 2. The topological polar surface area (TPSA) is 47.1 Å². The van der Waals surface area contributed by atoms with Gasteiger partial charge in [0.2, 0.25) is 5.95 Å². The molecule has 2 N–H and O–H groups in total. The zero-order valence-electron chi connectivity index (χ0n) is 16.7. The highest BCUT2D eigenvalue weighted by Crippen LogP contribution is 2.38. The van der Waals surface area contributed by atoms with E-state index in [1.807, 2.05) is 11.6 Å². The molecule has 0 amide bonds. The van der Waals surface area contributed by atoms with E-state index < -0.39 is 0 Å². The number of aryl methyl sites for hydroxylation is 2. The molecule has 27 heavy (non-hydrogen) atoms. The summed E-state index contributed by atoms with van der Waals surface area (Å²) in [7, 11) is 2.01. The van der Waals surface area contributed by atoms with Crippen LogP contribution in [0.25, 0.3) is 22.2 Å². The van der Waals surface area contributed by atoms with E-state index in [2.05, 4.69) is 71.9 Å². The first-order valence-corrected chi connectivity index (χ1v) is 10.6. The van der Waals surface area contributed by atoms with Crippen molar-refractivity contribution in [2.24, 2.45) is 7.05 Å². The highest BCUT2D eigenvalue weighted by atomic mass is 79.9. The van der Waals surface area contributed by atoms with Crippen LogP contribution in [0.5, 0.6) is 0 Å². The number of aromatic nitrogens is 2. The van der Waals surface area contributed by atoms with Crippen LogP contribution in [-0.4, -0.2) is 22.6 Å². The zero-order chi connectivity index (χ0) is 19.6. The fraction of sp³-hybridized carbons (Fsp3) is 0.409. The van der Waals surface area contributed by atoms with Crippen LogP contribution in [-0.2, 0) is 13.5 Å². The summed E-state index contributed by atoms with van der Waals surface area (Å²) in [6.45, 7) is 8.70. The smallest absolute Gasteiger partial charge is 0.201 e. The van der Waals surface area contributed by atoms with E-state index in [1.54, 1.807) is 0 Å². The fourth-order valence-electron chi connectivity index (χ4n) is 3.80. The van der Waals surface area contributed by atoms with Crippen LogP contribution in [0.3, 0.4) is 0 Å². The van der Waals surface area contributed by atoms with E-state index in [0.717, 1.165) is 53.4 Å². The molecule has 144 valence electrons. The summed E-state index contributed by atoms with van der Waals surface area (Å²) in [5, 5.41) is 0. The van der Waals surface area contributed by atoms with Crippen molar-refractivity contribution in [2.45, 2.75) is 40.0 Å². The summed E-state index contributed by atoms with van der Waals surface area (Å²) in [6, 6.07) is 10.9. The summed E-state index contributed by atoms with van der Waals surface area (Å²) in [5.41, 5.74) is 13.3. The van der Waals surface area contributed by atoms with Crippen LogP contribution < -0.4 is 10.6 Å². The molecule has 0 radical (unpaired) electrons. The molecule has 0 spiro atoms. The summed E-state index contributed by atoms with van der Waals surface area (Å²) < 4.78 is 3.13. The number of rotatable bonds is 7. The molecule has 1 aromatic heterocycles. The van der Waals surface area contributed by atoms with Crippen molar-refractivity contribution < 1.29 is 0 Å². The molecule has 5 heteroatoms. The van der Waals surface area contributed by atoms with Crippen LogP contribution in [0, 0.1) is 0 Å². The highest BCUT2D eigenvalue weighted by molar-refractivity contribution is 9.10. The van der Waals surface area contributed by atoms with Gasteiger partial charge in [-0.05, 0) is 54.7 Å². The molecule has 1 heterocycles. The van der Waals surface area contributed by atoms with Crippen LogP contribution in [0.4, 0.5) is 11.6 Å². The van der Waals surface area contributed by atoms with Gasteiger partial charge < -0.3 is 15.2 Å². The van der Waals surface area contributed by atoms with Gasteiger partial charge in [0.05, 0.1) is 11.2 Å². The Labute approximate surface area is 170 Å². The van der Waals surface area contributed by atoms with Crippen LogP contribution >= 0.6 is 15.9 Å².